The zero-order valence-electron chi connectivity index (χ0n) is 44.6. The molecule has 28 heteroatoms. The van der Waals surface area contributed by atoms with E-state index in [9.17, 15) is 42.1 Å². The molecule has 4 aromatic heterocycles. The summed E-state index contributed by atoms with van der Waals surface area (Å²) in [7, 11) is -4.73. The second kappa shape index (κ2) is 22.3. The number of aromatic nitrogens is 8. The topological polar surface area (TPSA) is 285 Å². The van der Waals surface area contributed by atoms with Gasteiger partial charge in [-0.25, -0.2) is 47.9 Å². The molecule has 3 aliphatic heterocycles. The molecule has 3 fully saturated rings. The summed E-state index contributed by atoms with van der Waals surface area (Å²) in [5.41, 5.74) is -2.76. The third-order valence-electron chi connectivity index (χ3n) is 13.9. The zero-order valence-corrected chi connectivity index (χ0v) is 45.4. The number of rotatable bonds is 12. The highest BCUT2D eigenvalue weighted by Crippen LogP contribution is 2.40. The van der Waals surface area contributed by atoms with Gasteiger partial charge in [0.15, 0.2) is 23.1 Å². The molecule has 8 aromatic rings. The number of carbonyl (C=O) groups excluding carboxylic acids is 1. The minimum Gasteiger partial charge on any atom is -0.453 e. The molecule has 0 aliphatic carbocycles. The highest BCUT2D eigenvalue weighted by molar-refractivity contribution is 7.90. The highest BCUT2D eigenvalue weighted by Gasteiger charge is 2.40. The van der Waals surface area contributed by atoms with Gasteiger partial charge in [-0.1, -0.05) is 0 Å². The maximum atomic E-state index is 15.9. The summed E-state index contributed by atoms with van der Waals surface area (Å²) in [5.74, 6) is -4.02. The first-order chi connectivity index (χ1) is 39.9. The SMILES string of the molecule is CC(C)(C)OC(=O)N1CCN(c2ncc(-n3cnc4ccc(Oc5c(F)ccc(F)c5C#N)cc4c3=O)c(C3CCCN3S(=O)(=O)Nc3ccc(F)c(Oc4ccc5ncn(-c6cnc(N7CCNCC7)nc6)c(=O)c5c4)c3C#N)n2)CC1. The average molecular weight is 1150 g/mol. The van der Waals surface area contributed by atoms with Gasteiger partial charge in [-0.3, -0.25) is 23.4 Å². The van der Waals surface area contributed by atoms with E-state index in [4.69, 9.17) is 19.2 Å². The van der Waals surface area contributed by atoms with E-state index in [2.05, 4.69) is 35.0 Å². The molecule has 3 aliphatic rings. The number of amides is 1. The number of fused-ring (bicyclic) bond motifs is 2. The van der Waals surface area contributed by atoms with E-state index in [1.165, 1.54) is 72.2 Å². The van der Waals surface area contributed by atoms with E-state index in [0.717, 1.165) is 46.2 Å². The van der Waals surface area contributed by atoms with Crippen molar-refractivity contribution in [3.8, 4) is 46.5 Å². The summed E-state index contributed by atoms with van der Waals surface area (Å²) < 4.78 is 98.1. The second-order valence-corrected chi connectivity index (χ2v) is 22.0. The number of hydrogen-bond acceptors (Lipinski definition) is 19. The molecule has 7 heterocycles. The van der Waals surface area contributed by atoms with Crippen molar-refractivity contribution in [1.82, 2.24) is 53.6 Å². The van der Waals surface area contributed by atoms with Crippen LogP contribution in [0, 0.1) is 40.1 Å². The molecule has 4 aromatic carbocycles. The lowest BCUT2D eigenvalue weighted by Crippen LogP contribution is -2.50. The lowest BCUT2D eigenvalue weighted by molar-refractivity contribution is 0.0240. The molecule has 2 N–H and O–H groups in total. The van der Waals surface area contributed by atoms with Gasteiger partial charge in [-0.2, -0.15) is 23.2 Å². The first-order valence-corrected chi connectivity index (χ1v) is 27.5. The van der Waals surface area contributed by atoms with Crippen LogP contribution >= 0.6 is 0 Å². The Hall–Kier alpha value is -9.77. The Kier molecular flexibility index (Phi) is 14.8. The van der Waals surface area contributed by atoms with Crippen LogP contribution < -0.4 is 40.4 Å². The van der Waals surface area contributed by atoms with Gasteiger partial charge in [-0.15, -0.1) is 0 Å². The van der Waals surface area contributed by atoms with Crippen LogP contribution in [-0.4, -0.2) is 127 Å². The van der Waals surface area contributed by atoms with E-state index in [-0.39, 0.29) is 102 Å². The third-order valence-corrected chi connectivity index (χ3v) is 15.5. The maximum Gasteiger partial charge on any atom is 0.410 e. The zero-order chi connectivity index (χ0) is 58.3. The van der Waals surface area contributed by atoms with E-state index < -0.39 is 79.1 Å². The number of piperazine rings is 2. The Balaban J connectivity index is 0.910. The van der Waals surface area contributed by atoms with Gasteiger partial charge < -0.3 is 34.2 Å². The minimum absolute atomic E-state index is 0.00601. The van der Waals surface area contributed by atoms with Crippen molar-refractivity contribution in [2.75, 3.05) is 73.4 Å². The van der Waals surface area contributed by atoms with Crippen molar-refractivity contribution < 1.29 is 40.6 Å². The molecule has 0 radical (unpaired) electrons. The first-order valence-electron chi connectivity index (χ1n) is 26.0. The van der Waals surface area contributed by atoms with Gasteiger partial charge in [0.2, 0.25) is 11.9 Å². The molecule has 424 valence electrons. The van der Waals surface area contributed by atoms with Gasteiger partial charge in [-0.05, 0) is 94.3 Å². The van der Waals surface area contributed by atoms with Gasteiger partial charge in [0, 0.05) is 58.9 Å². The Morgan fingerprint density at radius 1 is 0.699 bits per heavy atom. The molecule has 3 saturated heterocycles. The number of hydrogen-bond donors (Lipinski definition) is 2. The fourth-order valence-electron chi connectivity index (χ4n) is 9.85. The van der Waals surface area contributed by atoms with Gasteiger partial charge in [0.05, 0.1) is 69.2 Å². The Morgan fingerprint density at radius 3 is 1.89 bits per heavy atom. The average Bonchev–Trinajstić information content (AvgIpc) is 4.09. The van der Waals surface area contributed by atoms with Crippen LogP contribution in [0.15, 0.2) is 101 Å². The number of benzene rings is 4. The molecule has 1 unspecified atom stereocenters. The minimum atomic E-state index is -4.73. The van der Waals surface area contributed by atoms with Crippen LogP contribution in [0.5, 0.6) is 23.0 Å². The standard InChI is InChI=1S/C55H49F3N16O8S/c1-55(2,3)82-54(77)71-21-19-70(20-22-71)53-64-29-46(73-31-66-43-12-6-33(24-36(43)51(73)76)80-48-37(25-59)39(56)8-9-40(48)57)47(67-53)45-5-4-16-74(45)83(78,79)68-44-13-10-41(58)49(38(44)26-60)81-34-7-11-42-35(23-34)50(75)72(30-65-42)32-27-62-52(63-28-32)69-17-14-61-15-18-69/h6-13,23-24,27-31,45,61,68H,4-5,14-22H2,1-3H3. The molecule has 0 spiro atoms. The van der Waals surface area contributed by atoms with Crippen molar-refractivity contribution in [3.63, 3.8) is 0 Å². The normalized spacial score (nSPS) is 16.0. The Morgan fingerprint density at radius 2 is 1.27 bits per heavy atom. The summed E-state index contributed by atoms with van der Waals surface area (Å²) >= 11 is 0. The molecular formula is C55H49F3N16O8S. The van der Waals surface area contributed by atoms with Crippen molar-refractivity contribution in [2.45, 2.75) is 45.3 Å². The molecule has 0 bridgehead atoms. The summed E-state index contributed by atoms with van der Waals surface area (Å²) in [6.07, 6.45) is 6.79. The van der Waals surface area contributed by atoms with Gasteiger partial charge >= 0.3 is 16.3 Å². The molecule has 0 saturated carbocycles. The molecule has 1 amide bonds. The lowest BCUT2D eigenvalue weighted by atomic mass is 10.1. The molecule has 11 rings (SSSR count). The van der Waals surface area contributed by atoms with Crippen LogP contribution in [0.25, 0.3) is 33.2 Å². The largest absolute Gasteiger partial charge is 0.453 e. The van der Waals surface area contributed by atoms with E-state index in [1.807, 2.05) is 11.0 Å². The fraction of sp³-hybridized carbons (Fsp3) is 0.291. The lowest BCUT2D eigenvalue weighted by Gasteiger charge is -2.36. The van der Waals surface area contributed by atoms with Gasteiger partial charge in [0.1, 0.15) is 58.8 Å². The van der Waals surface area contributed by atoms with Crippen LogP contribution in [0.3, 0.4) is 0 Å². The second-order valence-electron chi connectivity index (χ2n) is 20.4. The van der Waals surface area contributed by atoms with E-state index in [1.54, 1.807) is 36.6 Å². The number of halogens is 3. The van der Waals surface area contributed by atoms with Crippen molar-refractivity contribution >= 4 is 55.7 Å². The highest BCUT2D eigenvalue weighted by atomic mass is 32.2. The number of nitriles is 2. The number of carbonyl (C=O) groups is 1. The Labute approximate surface area is 470 Å². The van der Waals surface area contributed by atoms with Gasteiger partial charge in [0.25, 0.3) is 11.1 Å². The summed E-state index contributed by atoms with van der Waals surface area (Å²) in [6.45, 7) is 9.10. The van der Waals surface area contributed by atoms with Crippen molar-refractivity contribution in [1.29, 1.82) is 10.5 Å². The van der Waals surface area contributed by atoms with Crippen LogP contribution in [0.4, 0.5) is 35.5 Å². The smallest absolute Gasteiger partial charge is 0.410 e. The molecule has 83 heavy (non-hydrogen) atoms. The number of ether oxygens (including phenoxy) is 3. The fourth-order valence-corrected chi connectivity index (χ4v) is 11.3. The Bertz CT molecular complexity index is 4210. The predicted octanol–water partition coefficient (Wildman–Crippen LogP) is 6.37. The number of anilines is 3. The van der Waals surface area contributed by atoms with Crippen LogP contribution in [0.1, 0.15) is 56.5 Å². The maximum absolute atomic E-state index is 15.9. The third kappa shape index (κ3) is 11.1. The summed E-state index contributed by atoms with van der Waals surface area (Å²) in [6, 6.07) is 14.1. The molecule has 1 atom stereocenters. The summed E-state index contributed by atoms with van der Waals surface area (Å²) in [4.78, 5) is 74.2. The monoisotopic (exact) mass is 1150 g/mol. The molecular weight excluding hydrogens is 1100 g/mol. The van der Waals surface area contributed by atoms with E-state index in [0.29, 0.717) is 24.7 Å². The summed E-state index contributed by atoms with van der Waals surface area (Å²) in [5, 5.41) is 23.4. The van der Waals surface area contributed by atoms with Crippen molar-refractivity contribution in [3.05, 3.63) is 147 Å². The quantitative estimate of drug-likeness (QED) is 0.134. The van der Waals surface area contributed by atoms with Crippen LogP contribution in [0.2, 0.25) is 0 Å². The number of nitrogens with zero attached hydrogens (tertiary/aromatic N) is 14. The van der Waals surface area contributed by atoms with E-state index >= 15 is 4.39 Å². The van der Waals surface area contributed by atoms with Crippen LogP contribution in [-0.2, 0) is 14.9 Å². The molecule has 24 nitrogen and oxygen atoms in total. The predicted molar refractivity (Wildman–Crippen MR) is 295 cm³/mol. The number of nitrogens with one attached hydrogen (secondary N) is 2. The van der Waals surface area contributed by atoms with Crippen molar-refractivity contribution in [2.24, 2.45) is 0 Å². The first kappa shape index (κ1) is 55.2.